The van der Waals surface area contributed by atoms with E-state index in [4.69, 9.17) is 0 Å². The number of hydrogen-bond donors (Lipinski definition) is 4. The van der Waals surface area contributed by atoms with Crippen molar-refractivity contribution >= 4 is 5.97 Å². The van der Waals surface area contributed by atoms with Crippen LogP contribution in [0.3, 0.4) is 0 Å². The van der Waals surface area contributed by atoms with Crippen LogP contribution in [0.5, 0.6) is 0 Å². The normalized spacial score (nSPS) is 54.4. The molecule has 1 spiro atoms. The first-order valence-electron chi connectivity index (χ1n) is 8.42. The molecule has 3 saturated carbocycles. The number of carbonyl (C=O) groups is 1. The van der Waals surface area contributed by atoms with Crippen molar-refractivity contribution in [2.75, 3.05) is 0 Å². The van der Waals surface area contributed by atoms with Gasteiger partial charge in [-0.25, -0.2) is 0 Å². The van der Waals surface area contributed by atoms with Crippen LogP contribution in [-0.2, 0) is 4.79 Å². The quantitative estimate of drug-likeness (QED) is 0.542. The second kappa shape index (κ2) is 4.47. The first kappa shape index (κ1) is 15.4. The van der Waals surface area contributed by atoms with Gasteiger partial charge in [0.1, 0.15) is 0 Å². The van der Waals surface area contributed by atoms with Gasteiger partial charge in [0.05, 0.1) is 23.7 Å². The number of aliphatic carboxylic acids is 1. The lowest BCUT2D eigenvalue weighted by atomic mass is 9.63. The van der Waals surface area contributed by atoms with Crippen molar-refractivity contribution in [2.45, 2.75) is 50.4 Å². The number of fused-ring (bicyclic) bond motifs is 3. The van der Waals surface area contributed by atoms with Gasteiger partial charge in [0, 0.05) is 0 Å². The molecule has 126 valence electrons. The molecule has 2 bridgehead atoms. The van der Waals surface area contributed by atoms with Crippen molar-refractivity contribution in [3.8, 4) is 0 Å². The van der Waals surface area contributed by atoms with Crippen LogP contribution < -0.4 is 0 Å². The third-order valence-corrected chi connectivity index (χ3v) is 7.21. The Kier molecular flexibility index (Phi) is 2.98. The zero-order chi connectivity index (χ0) is 16.7. The van der Waals surface area contributed by atoms with Gasteiger partial charge in [-0.15, -0.1) is 0 Å². The Labute approximate surface area is 135 Å². The van der Waals surface area contributed by atoms with E-state index in [0.717, 1.165) is 17.6 Å². The first-order chi connectivity index (χ1) is 10.7. The van der Waals surface area contributed by atoms with E-state index < -0.39 is 35.1 Å². The second-order valence-corrected chi connectivity index (χ2v) is 8.16. The summed E-state index contributed by atoms with van der Waals surface area (Å²) in [5.74, 6) is -2.03. The fourth-order valence-corrected chi connectivity index (χ4v) is 6.25. The van der Waals surface area contributed by atoms with E-state index in [1.807, 2.05) is 6.92 Å². The smallest absolute Gasteiger partial charge is 0.307 e. The number of rotatable bonds is 1. The van der Waals surface area contributed by atoms with Crippen LogP contribution in [0, 0.1) is 29.1 Å². The largest absolute Gasteiger partial charge is 0.481 e. The fraction of sp³-hybridized carbons (Fsp3) is 0.722. The van der Waals surface area contributed by atoms with Crippen LogP contribution in [0.1, 0.15) is 32.6 Å². The Morgan fingerprint density at radius 2 is 2.09 bits per heavy atom. The summed E-state index contributed by atoms with van der Waals surface area (Å²) in [6, 6.07) is 0. The molecule has 5 heteroatoms. The highest BCUT2D eigenvalue weighted by molar-refractivity contribution is 5.74. The van der Waals surface area contributed by atoms with E-state index in [9.17, 15) is 25.2 Å². The lowest BCUT2D eigenvalue weighted by Crippen LogP contribution is -2.45. The highest BCUT2D eigenvalue weighted by atomic mass is 16.4. The van der Waals surface area contributed by atoms with Gasteiger partial charge in [-0.2, -0.15) is 0 Å². The van der Waals surface area contributed by atoms with Gasteiger partial charge in [-0.3, -0.25) is 4.79 Å². The van der Waals surface area contributed by atoms with Crippen molar-refractivity contribution in [2.24, 2.45) is 29.1 Å². The molecule has 0 saturated heterocycles. The topological polar surface area (TPSA) is 98.0 Å². The molecule has 0 unspecified atom stereocenters. The highest BCUT2D eigenvalue weighted by Gasteiger charge is 2.69. The maximum atomic E-state index is 12.2. The highest BCUT2D eigenvalue weighted by Crippen LogP contribution is 2.71. The lowest BCUT2D eigenvalue weighted by Gasteiger charge is -2.41. The molecule has 0 heterocycles. The summed E-state index contributed by atoms with van der Waals surface area (Å²) < 4.78 is 0. The predicted molar refractivity (Wildman–Crippen MR) is 82.4 cm³/mol. The molecule has 0 aliphatic heterocycles. The van der Waals surface area contributed by atoms with Crippen LogP contribution in [0.2, 0.25) is 0 Å². The maximum absolute atomic E-state index is 12.2. The summed E-state index contributed by atoms with van der Waals surface area (Å²) in [6.45, 7) is 5.85. The van der Waals surface area contributed by atoms with Crippen LogP contribution >= 0.6 is 0 Å². The van der Waals surface area contributed by atoms with Gasteiger partial charge >= 0.3 is 5.97 Å². The van der Waals surface area contributed by atoms with Crippen LogP contribution in [-0.4, -0.2) is 44.2 Å². The van der Waals surface area contributed by atoms with Crippen molar-refractivity contribution < 1.29 is 25.2 Å². The Morgan fingerprint density at radius 1 is 1.39 bits per heavy atom. The summed E-state index contributed by atoms with van der Waals surface area (Å²) >= 11 is 0. The molecule has 5 nitrogen and oxygen atoms in total. The van der Waals surface area contributed by atoms with Crippen molar-refractivity contribution in [1.29, 1.82) is 0 Å². The number of aliphatic hydroxyl groups excluding tert-OH is 2. The van der Waals surface area contributed by atoms with Gasteiger partial charge in [-0.1, -0.05) is 25.2 Å². The number of carboxylic acids is 1. The summed E-state index contributed by atoms with van der Waals surface area (Å²) in [4.78, 5) is 12.2. The molecule has 4 aliphatic rings. The molecule has 3 fully saturated rings. The minimum atomic E-state index is -0.946. The van der Waals surface area contributed by atoms with Gasteiger partial charge < -0.3 is 20.4 Å². The molecular formula is C18H24O5. The summed E-state index contributed by atoms with van der Waals surface area (Å²) in [6.07, 6.45) is 2.09. The first-order valence-corrected chi connectivity index (χ1v) is 8.42. The standard InChI is InChI=1S/C18H24O5/c1-8-6-17-7-18(8,23)4-3-11(17)10-5-12(19)15(20)9(2)13(10)14(17)16(21)22/h5,9,11-15,19-20,23H,1,3-4,6-7H2,2H3,(H,21,22)/t9-,11+,12-,13-,14-,15-,17+,18+/m1/s1. The molecule has 0 aromatic heterocycles. The molecule has 0 aromatic rings. The zero-order valence-electron chi connectivity index (χ0n) is 13.3. The lowest BCUT2D eigenvalue weighted by molar-refractivity contribution is -0.151. The Bertz CT molecular complexity index is 625. The Hall–Kier alpha value is -1.17. The predicted octanol–water partition coefficient (Wildman–Crippen LogP) is 1.09. The molecule has 0 aromatic carbocycles. The van der Waals surface area contributed by atoms with E-state index in [1.165, 1.54) is 0 Å². The number of carboxylic acid groups (broad SMARTS) is 1. The van der Waals surface area contributed by atoms with Crippen LogP contribution in [0.25, 0.3) is 0 Å². The third-order valence-electron chi connectivity index (χ3n) is 7.21. The SMILES string of the molecule is C=C1C[C@]23C[C@@]1(O)CC[C@H]2C1=C[C@@H](O)[C@H](O)[C@H](C)[C@H]1[C@@H]3C(=O)O. The molecule has 0 amide bonds. The minimum absolute atomic E-state index is 0.0534. The monoisotopic (exact) mass is 320 g/mol. The van der Waals surface area contributed by atoms with Crippen molar-refractivity contribution in [3.05, 3.63) is 23.8 Å². The average Bonchev–Trinajstić information content (AvgIpc) is 2.84. The second-order valence-electron chi connectivity index (χ2n) is 8.16. The molecule has 0 radical (unpaired) electrons. The van der Waals surface area contributed by atoms with Crippen LogP contribution in [0.4, 0.5) is 0 Å². The van der Waals surface area contributed by atoms with Gasteiger partial charge in [0.15, 0.2) is 0 Å². The minimum Gasteiger partial charge on any atom is -0.481 e. The molecule has 8 atom stereocenters. The Morgan fingerprint density at radius 3 is 2.74 bits per heavy atom. The molecule has 23 heavy (non-hydrogen) atoms. The van der Waals surface area contributed by atoms with E-state index in [2.05, 4.69) is 6.58 Å². The van der Waals surface area contributed by atoms with E-state index in [-0.39, 0.29) is 17.8 Å². The van der Waals surface area contributed by atoms with E-state index in [1.54, 1.807) is 6.08 Å². The zero-order valence-corrected chi connectivity index (χ0v) is 13.3. The maximum Gasteiger partial charge on any atom is 0.307 e. The van der Waals surface area contributed by atoms with Crippen molar-refractivity contribution in [1.82, 2.24) is 0 Å². The van der Waals surface area contributed by atoms with E-state index in [0.29, 0.717) is 19.3 Å². The number of aliphatic hydroxyl groups is 3. The molecule has 4 rings (SSSR count). The van der Waals surface area contributed by atoms with Gasteiger partial charge in [0.2, 0.25) is 0 Å². The average molecular weight is 320 g/mol. The summed E-state index contributed by atoms with van der Waals surface area (Å²) in [5.41, 5.74) is 0.266. The van der Waals surface area contributed by atoms with Gasteiger partial charge in [-0.05, 0) is 54.4 Å². The summed E-state index contributed by atoms with van der Waals surface area (Å²) in [7, 11) is 0. The third kappa shape index (κ3) is 1.70. The van der Waals surface area contributed by atoms with Crippen molar-refractivity contribution in [3.63, 3.8) is 0 Å². The number of allylic oxidation sites excluding steroid dienone is 1. The van der Waals surface area contributed by atoms with Crippen LogP contribution in [0.15, 0.2) is 23.8 Å². The summed E-state index contributed by atoms with van der Waals surface area (Å²) in [5, 5.41) is 41.2. The Balaban J connectivity index is 1.89. The fourth-order valence-electron chi connectivity index (χ4n) is 6.25. The van der Waals surface area contributed by atoms with E-state index >= 15 is 0 Å². The van der Waals surface area contributed by atoms with Gasteiger partial charge in [0.25, 0.3) is 0 Å². The molecule has 4 aliphatic carbocycles. The molecular weight excluding hydrogens is 296 g/mol. The number of hydrogen-bond acceptors (Lipinski definition) is 4. The molecule has 4 N–H and O–H groups in total.